The van der Waals surface area contributed by atoms with E-state index < -0.39 is 35.9 Å². The number of phenols is 1. The summed E-state index contributed by atoms with van der Waals surface area (Å²) in [6.45, 7) is 0.442. The molecule has 0 spiro atoms. The van der Waals surface area contributed by atoms with Crippen LogP contribution in [0, 0.1) is 0 Å². The lowest BCUT2D eigenvalue weighted by Crippen LogP contribution is -2.55. The predicted octanol–water partition coefficient (Wildman–Crippen LogP) is -0.625. The maximum atomic E-state index is 12.4. The van der Waals surface area contributed by atoms with E-state index >= 15 is 0 Å². The summed E-state index contributed by atoms with van der Waals surface area (Å²) in [4.78, 5) is 36.0. The number of carbonyl (C=O) groups is 3. The Hall–Kier alpha value is -2.30. The highest BCUT2D eigenvalue weighted by atomic mass is 32.1. The lowest BCUT2D eigenvalue weighted by Gasteiger charge is -2.22. The number of nitrogens with one attached hydrogen (secondary N) is 2. The van der Waals surface area contributed by atoms with Crippen LogP contribution in [-0.2, 0) is 20.8 Å². The van der Waals surface area contributed by atoms with Crippen molar-refractivity contribution in [3.05, 3.63) is 29.8 Å². The highest BCUT2D eigenvalue weighted by molar-refractivity contribution is 7.80. The third-order valence-corrected chi connectivity index (χ3v) is 4.47. The molecule has 1 aromatic rings. The van der Waals surface area contributed by atoms with Gasteiger partial charge in [-0.25, -0.2) is 4.79 Å². The Labute approximate surface area is 169 Å². The summed E-state index contributed by atoms with van der Waals surface area (Å²) < 4.78 is 0. The average Bonchev–Trinajstić information content (AvgIpc) is 2.66. The second-order valence-electron chi connectivity index (χ2n) is 6.40. The number of thiol groups is 1. The van der Waals surface area contributed by atoms with E-state index in [0.717, 1.165) is 5.56 Å². The Bertz CT molecular complexity index is 656. The van der Waals surface area contributed by atoms with E-state index in [4.69, 9.17) is 16.6 Å². The number of rotatable bonds is 12. The summed E-state index contributed by atoms with van der Waals surface area (Å²) in [5.74, 6) is -2.32. The quantitative estimate of drug-likeness (QED) is 0.177. The number of nitrogens with two attached hydrogens (primary N) is 2. The number of carboxylic acids is 1. The fraction of sp³-hybridized carbons (Fsp3) is 0.500. The average molecular weight is 413 g/mol. The van der Waals surface area contributed by atoms with E-state index in [9.17, 15) is 19.5 Å². The van der Waals surface area contributed by atoms with Crippen LogP contribution in [0.2, 0.25) is 0 Å². The molecule has 0 aromatic heterocycles. The van der Waals surface area contributed by atoms with Crippen LogP contribution in [0.25, 0.3) is 0 Å². The molecule has 0 aliphatic heterocycles. The molecule has 0 radical (unpaired) electrons. The van der Waals surface area contributed by atoms with Crippen LogP contribution >= 0.6 is 12.6 Å². The van der Waals surface area contributed by atoms with Crippen molar-refractivity contribution in [2.24, 2.45) is 11.5 Å². The first-order chi connectivity index (χ1) is 13.3. The van der Waals surface area contributed by atoms with E-state index in [2.05, 4.69) is 23.3 Å². The minimum absolute atomic E-state index is 0.0785. The molecule has 2 amide bonds. The van der Waals surface area contributed by atoms with E-state index in [1.165, 1.54) is 12.1 Å². The summed E-state index contributed by atoms with van der Waals surface area (Å²) in [5.41, 5.74) is 12.2. The highest BCUT2D eigenvalue weighted by Gasteiger charge is 2.27. The molecule has 8 N–H and O–H groups in total. The Morgan fingerprint density at radius 1 is 1.04 bits per heavy atom. The minimum atomic E-state index is -1.21. The molecule has 156 valence electrons. The van der Waals surface area contributed by atoms with Crippen LogP contribution in [0.5, 0.6) is 5.75 Å². The number of benzene rings is 1. The first kappa shape index (κ1) is 23.7. The van der Waals surface area contributed by atoms with Gasteiger partial charge in [0.15, 0.2) is 0 Å². The third kappa shape index (κ3) is 8.15. The number of phenolic OH excluding ortho intramolecular Hbond substituents is 1. The number of carbonyl (C=O) groups excluding carboxylic acids is 2. The van der Waals surface area contributed by atoms with Crippen molar-refractivity contribution < 1.29 is 24.6 Å². The summed E-state index contributed by atoms with van der Waals surface area (Å²) in [6, 6.07) is 3.30. The van der Waals surface area contributed by atoms with Gasteiger partial charge in [0.25, 0.3) is 0 Å². The topological polar surface area (TPSA) is 168 Å². The van der Waals surface area contributed by atoms with Crippen molar-refractivity contribution in [1.82, 2.24) is 10.6 Å². The predicted molar refractivity (Wildman–Crippen MR) is 108 cm³/mol. The summed E-state index contributed by atoms with van der Waals surface area (Å²) >= 11 is 3.91. The van der Waals surface area contributed by atoms with Crippen LogP contribution in [-0.4, -0.2) is 58.4 Å². The zero-order valence-corrected chi connectivity index (χ0v) is 16.4. The van der Waals surface area contributed by atoms with Crippen molar-refractivity contribution in [3.8, 4) is 5.75 Å². The van der Waals surface area contributed by atoms with Crippen LogP contribution in [0.15, 0.2) is 24.3 Å². The van der Waals surface area contributed by atoms with Gasteiger partial charge in [0, 0.05) is 5.75 Å². The van der Waals surface area contributed by atoms with E-state index in [-0.39, 0.29) is 17.9 Å². The molecular weight excluding hydrogens is 384 g/mol. The van der Waals surface area contributed by atoms with Crippen molar-refractivity contribution in [2.45, 2.75) is 43.8 Å². The molecule has 1 aromatic carbocycles. The van der Waals surface area contributed by atoms with Crippen molar-refractivity contribution in [3.63, 3.8) is 0 Å². The van der Waals surface area contributed by atoms with Crippen LogP contribution in [0.1, 0.15) is 24.8 Å². The Kier molecular flexibility index (Phi) is 10.4. The number of hydrogen-bond donors (Lipinski definition) is 7. The molecule has 0 saturated heterocycles. The molecule has 0 saturated carbocycles. The number of hydrogen-bond acceptors (Lipinski definition) is 7. The zero-order chi connectivity index (χ0) is 21.1. The van der Waals surface area contributed by atoms with E-state index in [1.807, 2.05) is 0 Å². The summed E-state index contributed by atoms with van der Waals surface area (Å²) in [7, 11) is 0. The molecule has 0 aliphatic rings. The zero-order valence-electron chi connectivity index (χ0n) is 15.5. The second kappa shape index (κ2) is 12.2. The highest BCUT2D eigenvalue weighted by Crippen LogP contribution is 2.11. The maximum Gasteiger partial charge on any atom is 0.327 e. The third-order valence-electron chi connectivity index (χ3n) is 4.11. The van der Waals surface area contributed by atoms with Gasteiger partial charge in [-0.3, -0.25) is 9.59 Å². The largest absolute Gasteiger partial charge is 0.508 e. The fourth-order valence-electron chi connectivity index (χ4n) is 2.48. The van der Waals surface area contributed by atoms with Gasteiger partial charge in [-0.1, -0.05) is 12.1 Å². The van der Waals surface area contributed by atoms with Crippen molar-refractivity contribution in [1.29, 1.82) is 0 Å². The number of unbranched alkanes of at least 4 members (excludes halogenated alkanes) is 1. The number of carboxylic acid groups (broad SMARTS) is 1. The monoisotopic (exact) mass is 412 g/mol. The molecule has 28 heavy (non-hydrogen) atoms. The molecule has 0 aliphatic carbocycles. The van der Waals surface area contributed by atoms with Crippen LogP contribution in [0.3, 0.4) is 0 Å². The van der Waals surface area contributed by atoms with Crippen molar-refractivity contribution in [2.75, 3.05) is 12.3 Å². The van der Waals surface area contributed by atoms with Gasteiger partial charge in [-0.15, -0.1) is 0 Å². The number of aliphatic carboxylic acids is 1. The SMILES string of the molecule is NCCCCC(NC(=O)C(N)Cc1ccc(O)cc1)C(=O)NC(CS)C(=O)O. The number of aromatic hydroxyl groups is 1. The van der Waals surface area contributed by atoms with E-state index in [0.29, 0.717) is 25.8 Å². The summed E-state index contributed by atoms with van der Waals surface area (Å²) in [6.07, 6.45) is 1.77. The molecule has 10 heteroatoms. The molecule has 9 nitrogen and oxygen atoms in total. The lowest BCUT2D eigenvalue weighted by molar-refractivity contribution is -0.141. The Balaban J connectivity index is 2.74. The molecule has 0 heterocycles. The van der Waals surface area contributed by atoms with Crippen molar-refractivity contribution >= 4 is 30.4 Å². The fourth-order valence-corrected chi connectivity index (χ4v) is 2.72. The summed E-state index contributed by atoms with van der Waals surface area (Å²) in [5, 5.41) is 23.3. The van der Waals surface area contributed by atoms with Gasteiger partial charge in [0.1, 0.15) is 17.8 Å². The molecule has 0 fully saturated rings. The minimum Gasteiger partial charge on any atom is -0.508 e. The molecule has 0 bridgehead atoms. The first-order valence-corrected chi connectivity index (χ1v) is 9.59. The second-order valence-corrected chi connectivity index (χ2v) is 6.77. The van der Waals surface area contributed by atoms with Gasteiger partial charge in [-0.2, -0.15) is 12.6 Å². The Morgan fingerprint density at radius 3 is 2.18 bits per heavy atom. The van der Waals surface area contributed by atoms with Gasteiger partial charge < -0.3 is 32.3 Å². The standard InChI is InChI=1S/C18H28N4O5S/c19-8-2-1-3-14(17(25)22-15(10-28)18(26)27)21-16(24)13(20)9-11-4-6-12(23)7-5-11/h4-7,13-15,23,28H,1-3,8-10,19-20H2,(H,21,24)(H,22,25)(H,26,27). The molecule has 3 atom stereocenters. The lowest BCUT2D eigenvalue weighted by atomic mass is 10.0. The smallest absolute Gasteiger partial charge is 0.327 e. The van der Waals surface area contributed by atoms with Crippen LogP contribution in [0.4, 0.5) is 0 Å². The first-order valence-electron chi connectivity index (χ1n) is 8.96. The van der Waals surface area contributed by atoms with Gasteiger partial charge >= 0.3 is 5.97 Å². The van der Waals surface area contributed by atoms with E-state index in [1.54, 1.807) is 12.1 Å². The molecule has 1 rings (SSSR count). The number of amides is 2. The molecule has 3 unspecified atom stereocenters. The normalized spacial score (nSPS) is 14.0. The maximum absolute atomic E-state index is 12.4. The van der Waals surface area contributed by atoms with Crippen LogP contribution < -0.4 is 22.1 Å². The van der Waals surface area contributed by atoms with Gasteiger partial charge in [-0.05, 0) is 49.9 Å². The van der Waals surface area contributed by atoms with Gasteiger partial charge in [0.2, 0.25) is 11.8 Å². The van der Waals surface area contributed by atoms with Gasteiger partial charge in [0.05, 0.1) is 6.04 Å². The Morgan fingerprint density at radius 2 is 1.64 bits per heavy atom. The molecular formula is C18H28N4O5S.